The Morgan fingerprint density at radius 3 is 2.95 bits per heavy atom. The summed E-state index contributed by atoms with van der Waals surface area (Å²) in [5.41, 5.74) is 0.0225. The second kappa shape index (κ2) is 5.57. The highest BCUT2D eigenvalue weighted by atomic mass is 32.1. The quantitative estimate of drug-likeness (QED) is 0.785. The first-order valence-corrected chi connectivity index (χ1v) is 7.13. The molecule has 22 heavy (non-hydrogen) atoms. The first-order chi connectivity index (χ1) is 10.5. The number of hydrogen-bond donors (Lipinski definition) is 1. The number of hydrogen-bond acceptors (Lipinski definition) is 7. The number of thiophene rings is 1. The molecule has 7 nitrogen and oxygen atoms in total. The largest absolute Gasteiger partial charge is 0.477 e. The zero-order chi connectivity index (χ0) is 15.7. The Morgan fingerprint density at radius 1 is 1.45 bits per heavy atom. The summed E-state index contributed by atoms with van der Waals surface area (Å²) in [6.07, 6.45) is 3.14. The maximum atomic E-state index is 11.6. The monoisotopic (exact) mass is 317 g/mol. The maximum Gasteiger partial charge on any atom is 0.351 e. The lowest BCUT2D eigenvalue weighted by Crippen LogP contribution is -2.15. The summed E-state index contributed by atoms with van der Waals surface area (Å²) in [6.45, 7) is 0.561. The van der Waals surface area contributed by atoms with Crippen LogP contribution in [-0.4, -0.2) is 28.1 Å². The van der Waals surface area contributed by atoms with E-state index >= 15 is 0 Å². The molecule has 0 radical (unpaired) electrons. The maximum absolute atomic E-state index is 11.6. The summed E-state index contributed by atoms with van der Waals surface area (Å²) in [5, 5.41) is 9.80. The van der Waals surface area contributed by atoms with Crippen LogP contribution < -0.4 is 10.5 Å². The van der Waals surface area contributed by atoms with E-state index in [1.165, 1.54) is 23.7 Å². The van der Waals surface area contributed by atoms with Gasteiger partial charge in [-0.2, -0.15) is 0 Å². The fourth-order valence-corrected chi connectivity index (χ4v) is 2.96. The van der Waals surface area contributed by atoms with Gasteiger partial charge in [-0.25, -0.2) is 19.6 Å². The van der Waals surface area contributed by atoms with Crippen molar-refractivity contribution in [3.63, 3.8) is 0 Å². The lowest BCUT2D eigenvalue weighted by molar-refractivity contribution is 0.0692. The second-order valence-electron chi connectivity index (χ2n) is 4.62. The first-order valence-electron chi connectivity index (χ1n) is 6.31. The highest BCUT2D eigenvalue weighted by molar-refractivity contribution is 7.22. The van der Waals surface area contributed by atoms with Crippen LogP contribution in [0.15, 0.2) is 39.9 Å². The molecule has 0 unspecified atom stereocenters. The van der Waals surface area contributed by atoms with Crippen molar-refractivity contribution in [2.75, 3.05) is 11.9 Å². The lowest BCUT2D eigenvalue weighted by Gasteiger charge is -2.15. The molecule has 3 aromatic rings. The van der Waals surface area contributed by atoms with Crippen molar-refractivity contribution in [1.29, 1.82) is 0 Å². The van der Waals surface area contributed by atoms with Gasteiger partial charge in [0.25, 0.3) is 0 Å². The summed E-state index contributed by atoms with van der Waals surface area (Å²) in [4.78, 5) is 32.5. The number of anilines is 1. The van der Waals surface area contributed by atoms with Crippen molar-refractivity contribution < 1.29 is 14.3 Å². The van der Waals surface area contributed by atoms with Gasteiger partial charge in [-0.3, -0.25) is 0 Å². The van der Waals surface area contributed by atoms with Gasteiger partial charge in [0.05, 0.1) is 21.9 Å². The molecule has 8 heteroatoms. The van der Waals surface area contributed by atoms with Crippen LogP contribution >= 0.6 is 11.3 Å². The molecule has 0 amide bonds. The van der Waals surface area contributed by atoms with Crippen LogP contribution in [0.4, 0.5) is 5.00 Å². The third kappa shape index (κ3) is 2.68. The van der Waals surface area contributed by atoms with E-state index in [1.807, 2.05) is 18.0 Å². The van der Waals surface area contributed by atoms with Crippen molar-refractivity contribution in [3.8, 4) is 0 Å². The summed E-state index contributed by atoms with van der Waals surface area (Å²) >= 11 is 1.35. The smallest absolute Gasteiger partial charge is 0.351 e. The van der Waals surface area contributed by atoms with Gasteiger partial charge in [-0.05, 0) is 12.1 Å². The van der Waals surface area contributed by atoms with Gasteiger partial charge in [-0.1, -0.05) is 0 Å². The normalized spacial score (nSPS) is 10.8. The van der Waals surface area contributed by atoms with Crippen molar-refractivity contribution in [2.45, 2.75) is 6.54 Å². The summed E-state index contributed by atoms with van der Waals surface area (Å²) < 4.78 is 5.67. The van der Waals surface area contributed by atoms with Gasteiger partial charge in [-0.15, -0.1) is 11.3 Å². The fraction of sp³-hybridized carbons (Fsp3) is 0.143. The number of carbonyl (C=O) groups is 1. The molecule has 0 bridgehead atoms. The average molecular weight is 317 g/mol. The van der Waals surface area contributed by atoms with E-state index < -0.39 is 11.6 Å². The standard InChI is InChI=1S/C14H11N3O4S/c1-17(6-8-2-3-15-7-16-8)12-5-10-11(22-12)4-9(13(18)19)14(20)21-10/h2-5,7H,6H2,1H3,(H,18,19). The van der Waals surface area contributed by atoms with Gasteiger partial charge in [0.15, 0.2) is 5.58 Å². The lowest BCUT2D eigenvalue weighted by atomic mass is 10.3. The summed E-state index contributed by atoms with van der Waals surface area (Å²) in [6, 6.07) is 4.87. The molecule has 1 N–H and O–H groups in total. The van der Waals surface area contributed by atoms with E-state index in [0.29, 0.717) is 16.8 Å². The van der Waals surface area contributed by atoms with E-state index in [0.717, 1.165) is 10.7 Å². The number of carboxylic acid groups (broad SMARTS) is 1. The van der Waals surface area contributed by atoms with Gasteiger partial charge in [0.1, 0.15) is 11.9 Å². The highest BCUT2D eigenvalue weighted by Gasteiger charge is 2.15. The number of carboxylic acids is 1. The molecular formula is C14H11N3O4S. The Morgan fingerprint density at radius 2 is 2.27 bits per heavy atom. The zero-order valence-electron chi connectivity index (χ0n) is 11.5. The van der Waals surface area contributed by atoms with Gasteiger partial charge >= 0.3 is 11.6 Å². The molecule has 3 rings (SSSR count). The molecular weight excluding hydrogens is 306 g/mol. The van der Waals surface area contributed by atoms with Crippen LogP contribution in [0, 0.1) is 0 Å². The molecule has 112 valence electrons. The van der Waals surface area contributed by atoms with Crippen molar-refractivity contribution in [2.24, 2.45) is 0 Å². The Hall–Kier alpha value is -2.74. The van der Waals surface area contributed by atoms with E-state index in [9.17, 15) is 9.59 Å². The van der Waals surface area contributed by atoms with E-state index in [1.54, 1.807) is 12.3 Å². The van der Waals surface area contributed by atoms with Crippen LogP contribution in [-0.2, 0) is 6.54 Å². The van der Waals surface area contributed by atoms with Gasteiger partial charge in [0.2, 0.25) is 0 Å². The number of aromatic nitrogens is 2. The van der Waals surface area contributed by atoms with Gasteiger partial charge < -0.3 is 14.4 Å². The molecule has 0 saturated heterocycles. The van der Waals surface area contributed by atoms with Crippen molar-refractivity contribution >= 4 is 32.6 Å². The van der Waals surface area contributed by atoms with Crippen LogP contribution in [0.5, 0.6) is 0 Å². The predicted molar refractivity (Wildman–Crippen MR) is 81.5 cm³/mol. The molecule has 0 atom stereocenters. The zero-order valence-corrected chi connectivity index (χ0v) is 12.3. The molecule has 0 aliphatic carbocycles. The number of nitrogens with zero attached hydrogens (tertiary/aromatic N) is 3. The molecule has 0 aliphatic rings. The minimum atomic E-state index is -1.29. The van der Waals surface area contributed by atoms with E-state index in [2.05, 4.69) is 9.97 Å². The number of aromatic carboxylic acids is 1. The van der Waals surface area contributed by atoms with Crippen LogP contribution in [0.3, 0.4) is 0 Å². The third-order valence-corrected chi connectivity index (χ3v) is 4.24. The van der Waals surface area contributed by atoms with E-state index in [-0.39, 0.29) is 5.56 Å². The van der Waals surface area contributed by atoms with Crippen molar-refractivity contribution in [1.82, 2.24) is 9.97 Å². The Balaban J connectivity index is 1.94. The molecule has 0 aromatic carbocycles. The van der Waals surface area contributed by atoms with Crippen LogP contribution in [0.25, 0.3) is 10.3 Å². The number of fused-ring (bicyclic) bond motifs is 1. The number of rotatable bonds is 4. The van der Waals surface area contributed by atoms with E-state index in [4.69, 9.17) is 9.52 Å². The molecule has 3 heterocycles. The minimum Gasteiger partial charge on any atom is -0.477 e. The molecule has 0 saturated carbocycles. The second-order valence-corrected chi connectivity index (χ2v) is 5.68. The predicted octanol–water partition coefficient (Wildman–Crippen LogP) is 1.98. The third-order valence-electron chi connectivity index (χ3n) is 3.06. The topological polar surface area (TPSA) is 96.5 Å². The average Bonchev–Trinajstić information content (AvgIpc) is 2.90. The Bertz CT molecular complexity index is 888. The van der Waals surface area contributed by atoms with Crippen molar-refractivity contribution in [3.05, 3.63) is 52.4 Å². The highest BCUT2D eigenvalue weighted by Crippen LogP contribution is 2.32. The fourth-order valence-electron chi connectivity index (χ4n) is 1.97. The molecule has 0 aliphatic heterocycles. The Kier molecular flexibility index (Phi) is 3.60. The summed E-state index contributed by atoms with van der Waals surface area (Å²) in [7, 11) is 1.88. The molecule has 0 fully saturated rings. The SMILES string of the molecule is CN(Cc1ccncn1)c1cc2oc(=O)c(C(=O)O)cc2s1. The Labute approximate surface area is 128 Å². The molecule has 0 spiro atoms. The van der Waals surface area contributed by atoms with Crippen LogP contribution in [0.2, 0.25) is 0 Å². The molecule has 3 aromatic heterocycles. The minimum absolute atomic E-state index is 0.362. The summed E-state index contributed by atoms with van der Waals surface area (Å²) in [5.74, 6) is -1.29. The van der Waals surface area contributed by atoms with Crippen LogP contribution in [0.1, 0.15) is 16.1 Å². The first kappa shape index (κ1) is 14.2. The van der Waals surface area contributed by atoms with Gasteiger partial charge in [0, 0.05) is 19.3 Å².